The highest BCUT2D eigenvalue weighted by Crippen LogP contribution is 2.52. The van der Waals surface area contributed by atoms with E-state index in [2.05, 4.69) is 9.88 Å². The van der Waals surface area contributed by atoms with Gasteiger partial charge in [-0.25, -0.2) is 9.78 Å². The Morgan fingerprint density at radius 1 is 1.52 bits per heavy atom. The monoisotopic (exact) mass is 410 g/mol. The Hall–Kier alpha value is -1.62. The van der Waals surface area contributed by atoms with E-state index < -0.39 is 18.0 Å². The molecule has 146 valence electrons. The van der Waals surface area contributed by atoms with Crippen molar-refractivity contribution in [2.75, 3.05) is 18.0 Å². The number of aliphatic hydroxyl groups excluding tert-OH is 1. The Morgan fingerprint density at radius 3 is 2.78 bits per heavy atom. The zero-order valence-corrected chi connectivity index (χ0v) is 16.7. The lowest BCUT2D eigenvalue weighted by Crippen LogP contribution is -2.63. The number of aliphatic carboxylic acids is 1. The Kier molecular flexibility index (Phi) is 4.69. The molecule has 2 fully saturated rings. The van der Waals surface area contributed by atoms with Crippen molar-refractivity contribution in [1.82, 2.24) is 9.88 Å². The SMILES string of the molecule is C[C@@H](O)C1C(=O)N2C(C(=O)O)=C(SC3CN(c4nc(CN)cs4)C3)[C@H](C)C12. The standard InChI is InChI=1S/C17H22N4O4S2/c1-7-12-11(8(2)22)15(23)21(12)13(16(24)25)14(7)27-10-4-20(5-10)17-19-9(3-18)6-26-17/h6-8,10-12,22H,3-5,18H2,1-2H3,(H,24,25)/t7-,8-,11?,12?/m1/s1. The number of carbonyl (C=O) groups excluding carboxylic acids is 1. The summed E-state index contributed by atoms with van der Waals surface area (Å²) in [6.45, 7) is 5.52. The van der Waals surface area contributed by atoms with Crippen LogP contribution in [0.3, 0.4) is 0 Å². The quantitative estimate of drug-likeness (QED) is 0.586. The minimum Gasteiger partial charge on any atom is -0.477 e. The van der Waals surface area contributed by atoms with Crippen LogP contribution in [0.2, 0.25) is 0 Å². The fourth-order valence-corrected chi connectivity index (χ4v) is 6.44. The number of amides is 1. The van der Waals surface area contributed by atoms with E-state index in [4.69, 9.17) is 5.73 Å². The summed E-state index contributed by atoms with van der Waals surface area (Å²) in [5.41, 5.74) is 6.57. The molecule has 1 aromatic heterocycles. The average Bonchev–Trinajstić information content (AvgIpc) is 3.12. The molecule has 4 rings (SSSR count). The second-order valence-electron chi connectivity index (χ2n) is 7.24. The minimum atomic E-state index is -1.08. The van der Waals surface area contributed by atoms with Gasteiger partial charge in [-0.3, -0.25) is 4.79 Å². The number of thioether (sulfide) groups is 1. The second-order valence-corrected chi connectivity index (χ2v) is 9.42. The van der Waals surface area contributed by atoms with Crippen LogP contribution in [0.15, 0.2) is 16.0 Å². The van der Waals surface area contributed by atoms with Crippen molar-refractivity contribution in [3.63, 3.8) is 0 Å². The predicted octanol–water partition coefficient (Wildman–Crippen LogP) is 0.677. The van der Waals surface area contributed by atoms with Crippen LogP contribution in [0, 0.1) is 11.8 Å². The minimum absolute atomic E-state index is 0.0869. The van der Waals surface area contributed by atoms with Crippen LogP contribution in [0.25, 0.3) is 0 Å². The number of hydrogen-bond acceptors (Lipinski definition) is 8. The first kappa shape index (κ1) is 18.7. The van der Waals surface area contributed by atoms with Crippen LogP contribution < -0.4 is 10.6 Å². The third-order valence-electron chi connectivity index (χ3n) is 5.47. The van der Waals surface area contributed by atoms with Gasteiger partial charge in [-0.2, -0.15) is 0 Å². The summed E-state index contributed by atoms with van der Waals surface area (Å²) in [6, 6.07) is -0.256. The van der Waals surface area contributed by atoms with Gasteiger partial charge in [-0.05, 0) is 6.92 Å². The fraction of sp³-hybridized carbons (Fsp3) is 0.588. The second kappa shape index (κ2) is 6.77. The highest BCUT2D eigenvalue weighted by atomic mass is 32.2. The first-order chi connectivity index (χ1) is 12.8. The van der Waals surface area contributed by atoms with Gasteiger partial charge in [0, 0.05) is 41.1 Å². The molecule has 4 N–H and O–H groups in total. The van der Waals surface area contributed by atoms with E-state index in [9.17, 15) is 19.8 Å². The van der Waals surface area contributed by atoms with Gasteiger partial charge in [0.05, 0.1) is 23.8 Å². The number of nitrogens with two attached hydrogens (primary N) is 1. The number of anilines is 1. The Labute approximate surface area is 165 Å². The smallest absolute Gasteiger partial charge is 0.353 e. The molecule has 0 aromatic carbocycles. The molecule has 0 saturated carbocycles. The molecule has 2 unspecified atom stereocenters. The molecule has 1 amide bonds. The lowest BCUT2D eigenvalue weighted by molar-refractivity contribution is -0.163. The van der Waals surface area contributed by atoms with Crippen molar-refractivity contribution < 1.29 is 19.8 Å². The summed E-state index contributed by atoms with van der Waals surface area (Å²) in [7, 11) is 0. The van der Waals surface area contributed by atoms with Crippen molar-refractivity contribution >= 4 is 40.1 Å². The largest absolute Gasteiger partial charge is 0.477 e. The van der Waals surface area contributed by atoms with Gasteiger partial charge >= 0.3 is 5.97 Å². The number of β-lactam (4-membered cyclic amide) rings is 1. The summed E-state index contributed by atoms with van der Waals surface area (Å²) in [6.07, 6.45) is -0.776. The zero-order valence-electron chi connectivity index (χ0n) is 15.0. The average molecular weight is 411 g/mol. The summed E-state index contributed by atoms with van der Waals surface area (Å²) in [5, 5.41) is 22.7. The fourth-order valence-electron chi connectivity index (χ4n) is 4.06. The number of carboxylic acids is 1. The molecule has 0 aliphatic carbocycles. The van der Waals surface area contributed by atoms with Crippen LogP contribution in [-0.2, 0) is 16.1 Å². The number of fused-ring (bicyclic) bond motifs is 1. The van der Waals surface area contributed by atoms with Gasteiger partial charge in [0.1, 0.15) is 5.70 Å². The normalized spacial score (nSPS) is 28.9. The first-order valence-corrected chi connectivity index (χ1v) is 10.6. The van der Waals surface area contributed by atoms with Crippen molar-refractivity contribution in [2.24, 2.45) is 17.6 Å². The molecule has 4 atom stereocenters. The lowest BCUT2D eigenvalue weighted by Gasteiger charge is -2.46. The molecule has 3 aliphatic heterocycles. The van der Waals surface area contributed by atoms with Crippen LogP contribution in [0.5, 0.6) is 0 Å². The Morgan fingerprint density at radius 2 is 2.22 bits per heavy atom. The molecule has 2 saturated heterocycles. The van der Waals surface area contributed by atoms with Gasteiger partial charge in [-0.1, -0.05) is 6.92 Å². The maximum absolute atomic E-state index is 12.4. The van der Waals surface area contributed by atoms with Gasteiger partial charge in [0.25, 0.3) is 0 Å². The highest BCUT2D eigenvalue weighted by molar-refractivity contribution is 8.03. The molecule has 27 heavy (non-hydrogen) atoms. The van der Waals surface area contributed by atoms with E-state index >= 15 is 0 Å². The van der Waals surface area contributed by atoms with Gasteiger partial charge in [-0.15, -0.1) is 23.1 Å². The number of thiazole rings is 1. The van der Waals surface area contributed by atoms with Crippen LogP contribution >= 0.6 is 23.1 Å². The van der Waals surface area contributed by atoms with E-state index in [1.165, 1.54) is 4.90 Å². The van der Waals surface area contributed by atoms with Crippen LogP contribution in [-0.4, -0.2) is 62.5 Å². The molecule has 10 heteroatoms. The van der Waals surface area contributed by atoms with E-state index in [1.54, 1.807) is 30.0 Å². The number of rotatable bonds is 6. The molecular weight excluding hydrogens is 388 g/mol. The molecule has 0 radical (unpaired) electrons. The number of aliphatic hydroxyl groups is 1. The highest BCUT2D eigenvalue weighted by Gasteiger charge is 2.60. The van der Waals surface area contributed by atoms with Crippen LogP contribution in [0.4, 0.5) is 5.13 Å². The van der Waals surface area contributed by atoms with E-state index in [0.717, 1.165) is 28.8 Å². The molecule has 1 aromatic rings. The van der Waals surface area contributed by atoms with E-state index in [0.29, 0.717) is 6.54 Å². The summed E-state index contributed by atoms with van der Waals surface area (Å²) < 4.78 is 0. The summed E-state index contributed by atoms with van der Waals surface area (Å²) in [4.78, 5) is 32.9. The lowest BCUT2D eigenvalue weighted by atomic mass is 9.79. The molecule has 0 spiro atoms. The molecule has 0 bridgehead atoms. The third kappa shape index (κ3) is 2.86. The zero-order chi connectivity index (χ0) is 19.5. The van der Waals surface area contributed by atoms with E-state index in [-0.39, 0.29) is 28.8 Å². The maximum Gasteiger partial charge on any atom is 0.353 e. The first-order valence-electron chi connectivity index (χ1n) is 8.88. The van der Waals surface area contributed by atoms with Gasteiger partial charge < -0.3 is 25.7 Å². The molecule has 3 aliphatic rings. The third-order valence-corrected chi connectivity index (χ3v) is 7.87. The summed E-state index contributed by atoms with van der Waals surface area (Å²) in [5.74, 6) is -1.97. The number of aromatic nitrogens is 1. The summed E-state index contributed by atoms with van der Waals surface area (Å²) >= 11 is 3.11. The molecule has 8 nitrogen and oxygen atoms in total. The van der Waals surface area contributed by atoms with Crippen molar-refractivity contribution in [3.8, 4) is 0 Å². The maximum atomic E-state index is 12.4. The van der Waals surface area contributed by atoms with E-state index in [1.807, 2.05) is 12.3 Å². The number of nitrogens with zero attached hydrogens (tertiary/aromatic N) is 3. The Bertz CT molecular complexity index is 818. The van der Waals surface area contributed by atoms with Crippen molar-refractivity contribution in [2.45, 2.75) is 37.8 Å². The number of carboxylic acid groups (broad SMARTS) is 1. The van der Waals surface area contributed by atoms with Crippen molar-refractivity contribution in [1.29, 1.82) is 0 Å². The topological polar surface area (TPSA) is 120 Å². The van der Waals surface area contributed by atoms with Gasteiger partial charge in [0.2, 0.25) is 5.91 Å². The Balaban J connectivity index is 1.47. The van der Waals surface area contributed by atoms with Gasteiger partial charge in [0.15, 0.2) is 5.13 Å². The number of hydrogen-bond donors (Lipinski definition) is 3. The molecular formula is C17H22N4O4S2. The van der Waals surface area contributed by atoms with Crippen molar-refractivity contribution in [3.05, 3.63) is 21.7 Å². The predicted molar refractivity (Wildman–Crippen MR) is 103 cm³/mol. The van der Waals surface area contributed by atoms with Crippen LogP contribution in [0.1, 0.15) is 19.5 Å². The number of carbonyl (C=O) groups is 2. The molecule has 4 heterocycles.